The van der Waals surface area contributed by atoms with E-state index >= 15 is 0 Å². The van der Waals surface area contributed by atoms with E-state index in [4.69, 9.17) is 5.11 Å². The molecule has 0 aromatic carbocycles. The summed E-state index contributed by atoms with van der Waals surface area (Å²) in [6, 6.07) is 0. The van der Waals surface area contributed by atoms with E-state index in [0.717, 1.165) is 0 Å². The number of carboxylic acids is 1. The fraction of sp³-hybridized carbons (Fsp3) is 0.889. The fourth-order valence-electron chi connectivity index (χ4n) is 1.98. The summed E-state index contributed by atoms with van der Waals surface area (Å²) in [5, 5.41) is 37.3. The van der Waals surface area contributed by atoms with Crippen LogP contribution in [0.25, 0.3) is 0 Å². The number of hydrogen-bond acceptors (Lipinski definition) is 4. The van der Waals surface area contributed by atoms with Crippen molar-refractivity contribution in [1.29, 1.82) is 0 Å². The smallest absolute Gasteiger partial charge is 0.335 e. The second-order valence-corrected chi connectivity index (χ2v) is 3.97. The third-order valence-electron chi connectivity index (χ3n) is 2.95. The van der Waals surface area contributed by atoms with Gasteiger partial charge in [0.2, 0.25) is 0 Å². The molecule has 1 fully saturated rings. The van der Waals surface area contributed by atoms with Crippen molar-refractivity contribution in [2.24, 2.45) is 5.92 Å². The molecule has 0 aromatic rings. The zero-order valence-corrected chi connectivity index (χ0v) is 8.05. The molecule has 1 aliphatic rings. The summed E-state index contributed by atoms with van der Waals surface area (Å²) in [5.41, 5.74) is -1.89. The van der Waals surface area contributed by atoms with Crippen molar-refractivity contribution in [2.75, 3.05) is 0 Å². The van der Waals surface area contributed by atoms with E-state index < -0.39 is 23.8 Å². The Morgan fingerprint density at radius 3 is 2.43 bits per heavy atom. The standard InChI is InChI=1S/C9H16O5/c1-2-5-3-9(14,8(12)13)4-6(10)7(5)11/h5-7,10-11,14H,2-4H2,1H3,(H,12,13). The van der Waals surface area contributed by atoms with Crippen molar-refractivity contribution in [3.63, 3.8) is 0 Å². The molecule has 4 N–H and O–H groups in total. The molecule has 0 bridgehead atoms. The van der Waals surface area contributed by atoms with E-state index in [2.05, 4.69) is 0 Å². The van der Waals surface area contributed by atoms with Crippen LogP contribution in [0, 0.1) is 5.92 Å². The van der Waals surface area contributed by atoms with Crippen LogP contribution in [0.1, 0.15) is 26.2 Å². The van der Waals surface area contributed by atoms with Gasteiger partial charge >= 0.3 is 5.97 Å². The summed E-state index contributed by atoms with van der Waals surface area (Å²) in [5.74, 6) is -1.69. The molecule has 0 heterocycles. The molecule has 14 heavy (non-hydrogen) atoms. The zero-order chi connectivity index (χ0) is 10.9. The average Bonchev–Trinajstić information content (AvgIpc) is 2.11. The maximum absolute atomic E-state index is 10.7. The number of rotatable bonds is 2. The van der Waals surface area contributed by atoms with E-state index in [-0.39, 0.29) is 18.8 Å². The van der Waals surface area contributed by atoms with Crippen LogP contribution < -0.4 is 0 Å². The van der Waals surface area contributed by atoms with Crippen LogP contribution in [0.3, 0.4) is 0 Å². The zero-order valence-electron chi connectivity index (χ0n) is 8.05. The molecule has 0 radical (unpaired) electrons. The molecule has 5 heteroatoms. The monoisotopic (exact) mass is 204 g/mol. The molecule has 82 valence electrons. The first kappa shape index (κ1) is 11.4. The number of hydrogen-bond donors (Lipinski definition) is 4. The summed E-state index contributed by atoms with van der Waals surface area (Å²) >= 11 is 0. The van der Waals surface area contributed by atoms with Gasteiger partial charge in [0, 0.05) is 6.42 Å². The third-order valence-corrected chi connectivity index (χ3v) is 2.95. The minimum Gasteiger partial charge on any atom is -0.479 e. The molecule has 1 saturated carbocycles. The molecule has 5 nitrogen and oxygen atoms in total. The Labute approximate surface area is 82.0 Å². The van der Waals surface area contributed by atoms with Crippen molar-refractivity contribution < 1.29 is 25.2 Å². The Balaban J connectivity index is 2.81. The van der Waals surface area contributed by atoms with Crippen LogP contribution in [-0.2, 0) is 4.79 Å². The molecule has 4 unspecified atom stereocenters. The van der Waals surface area contributed by atoms with Gasteiger partial charge in [-0.05, 0) is 12.3 Å². The van der Waals surface area contributed by atoms with Gasteiger partial charge in [0.25, 0.3) is 0 Å². The van der Waals surface area contributed by atoms with Gasteiger partial charge in [0.1, 0.15) is 0 Å². The number of carboxylic acid groups (broad SMARTS) is 1. The van der Waals surface area contributed by atoms with Crippen molar-refractivity contribution in [3.05, 3.63) is 0 Å². The Morgan fingerprint density at radius 2 is 2.00 bits per heavy atom. The number of carbonyl (C=O) groups is 1. The molecule has 0 aromatic heterocycles. The molecular weight excluding hydrogens is 188 g/mol. The third kappa shape index (κ3) is 1.89. The first-order chi connectivity index (χ1) is 6.40. The Hall–Kier alpha value is -0.650. The van der Waals surface area contributed by atoms with Gasteiger partial charge in [-0.15, -0.1) is 0 Å². The molecule has 0 spiro atoms. The first-order valence-electron chi connectivity index (χ1n) is 4.72. The first-order valence-corrected chi connectivity index (χ1v) is 4.72. The van der Waals surface area contributed by atoms with Crippen LogP contribution in [0.5, 0.6) is 0 Å². The number of aliphatic hydroxyl groups is 3. The molecule has 0 saturated heterocycles. The highest BCUT2D eigenvalue weighted by Crippen LogP contribution is 2.34. The average molecular weight is 204 g/mol. The highest BCUT2D eigenvalue weighted by atomic mass is 16.4. The lowest BCUT2D eigenvalue weighted by molar-refractivity contribution is -0.179. The van der Waals surface area contributed by atoms with E-state index in [1.54, 1.807) is 6.92 Å². The Morgan fingerprint density at radius 1 is 1.43 bits per heavy atom. The Bertz CT molecular complexity index is 229. The maximum Gasteiger partial charge on any atom is 0.335 e. The van der Waals surface area contributed by atoms with Gasteiger partial charge in [-0.1, -0.05) is 13.3 Å². The molecule has 0 aliphatic heterocycles. The summed E-state index contributed by atoms with van der Waals surface area (Å²) in [6.07, 6.45) is -1.86. The van der Waals surface area contributed by atoms with Gasteiger partial charge in [-0.25, -0.2) is 4.79 Å². The molecule has 4 atom stereocenters. The minimum absolute atomic E-state index is 0.00292. The lowest BCUT2D eigenvalue weighted by Crippen LogP contribution is -2.53. The highest BCUT2D eigenvalue weighted by Gasteiger charge is 2.48. The van der Waals surface area contributed by atoms with Crippen LogP contribution in [0.15, 0.2) is 0 Å². The van der Waals surface area contributed by atoms with Crippen molar-refractivity contribution in [3.8, 4) is 0 Å². The van der Waals surface area contributed by atoms with Crippen LogP contribution in [-0.4, -0.2) is 44.2 Å². The van der Waals surface area contributed by atoms with Gasteiger partial charge < -0.3 is 20.4 Å². The van der Waals surface area contributed by atoms with Crippen molar-refractivity contribution in [2.45, 2.75) is 44.0 Å². The second kappa shape index (κ2) is 3.84. The van der Waals surface area contributed by atoms with Crippen LogP contribution >= 0.6 is 0 Å². The lowest BCUT2D eigenvalue weighted by Gasteiger charge is -2.39. The molecule has 0 amide bonds. The van der Waals surface area contributed by atoms with Gasteiger partial charge in [-0.3, -0.25) is 0 Å². The van der Waals surface area contributed by atoms with Crippen molar-refractivity contribution >= 4 is 5.97 Å². The predicted octanol–water partition coefficient (Wildman–Crippen LogP) is -0.656. The SMILES string of the molecule is CCC1CC(O)(C(=O)O)CC(O)C1O. The van der Waals surface area contributed by atoms with Crippen molar-refractivity contribution in [1.82, 2.24) is 0 Å². The second-order valence-electron chi connectivity index (χ2n) is 3.97. The Kier molecular flexibility index (Phi) is 3.14. The summed E-state index contributed by atoms with van der Waals surface area (Å²) in [4.78, 5) is 10.7. The fourth-order valence-corrected chi connectivity index (χ4v) is 1.98. The lowest BCUT2D eigenvalue weighted by atomic mass is 9.74. The highest BCUT2D eigenvalue weighted by molar-refractivity contribution is 5.77. The summed E-state index contributed by atoms with van der Waals surface area (Å²) in [7, 11) is 0. The number of aliphatic hydroxyl groups excluding tert-OH is 2. The van der Waals surface area contributed by atoms with Crippen LogP contribution in [0.2, 0.25) is 0 Å². The largest absolute Gasteiger partial charge is 0.479 e. The normalized spacial score (nSPS) is 43.6. The molecule has 1 rings (SSSR count). The van der Waals surface area contributed by atoms with Crippen LogP contribution in [0.4, 0.5) is 0 Å². The van der Waals surface area contributed by atoms with Gasteiger partial charge in [0.05, 0.1) is 12.2 Å². The van der Waals surface area contributed by atoms with E-state index in [0.29, 0.717) is 6.42 Å². The van der Waals surface area contributed by atoms with E-state index in [1.165, 1.54) is 0 Å². The number of aliphatic carboxylic acids is 1. The molecular formula is C9H16O5. The quantitative estimate of drug-likeness (QED) is 0.479. The maximum atomic E-state index is 10.7. The minimum atomic E-state index is -1.89. The molecule has 1 aliphatic carbocycles. The van der Waals surface area contributed by atoms with E-state index in [1.807, 2.05) is 0 Å². The van der Waals surface area contributed by atoms with Gasteiger partial charge in [0.15, 0.2) is 5.60 Å². The topological polar surface area (TPSA) is 98.0 Å². The summed E-state index contributed by atoms with van der Waals surface area (Å²) in [6.45, 7) is 1.79. The van der Waals surface area contributed by atoms with Gasteiger partial charge in [-0.2, -0.15) is 0 Å². The summed E-state index contributed by atoms with van der Waals surface area (Å²) < 4.78 is 0. The van der Waals surface area contributed by atoms with E-state index in [9.17, 15) is 20.1 Å². The predicted molar refractivity (Wildman–Crippen MR) is 47.6 cm³/mol.